The molecule has 0 saturated carbocycles. The predicted octanol–water partition coefficient (Wildman–Crippen LogP) is 1.56. The van der Waals surface area contributed by atoms with Gasteiger partial charge in [0.15, 0.2) is 0 Å². The van der Waals surface area contributed by atoms with Crippen LogP contribution in [0.15, 0.2) is 29.4 Å². The average Bonchev–Trinajstić information content (AvgIpc) is 2.19. The van der Waals surface area contributed by atoms with E-state index in [2.05, 4.69) is 10.5 Å². The second-order valence-electron chi connectivity index (χ2n) is 3.81. The number of halogens is 1. The van der Waals surface area contributed by atoms with Gasteiger partial charge in [-0.15, -0.1) is 0 Å². The molecule has 1 aromatic carbocycles. The molecule has 0 unspecified atom stereocenters. The maximum absolute atomic E-state index is 11.2. The van der Waals surface area contributed by atoms with Gasteiger partial charge in [-0.25, -0.2) is 5.43 Å². The van der Waals surface area contributed by atoms with E-state index in [1.807, 2.05) is 0 Å². The van der Waals surface area contributed by atoms with Gasteiger partial charge in [0.05, 0.1) is 6.21 Å². The first-order chi connectivity index (χ1) is 7.39. The molecule has 0 aliphatic heterocycles. The average molecular weight is 241 g/mol. The summed E-state index contributed by atoms with van der Waals surface area (Å²) in [7, 11) is 0. The number of hydrazone groups is 1. The summed E-state index contributed by atoms with van der Waals surface area (Å²) in [6, 6.07) is 6.98. The Morgan fingerprint density at radius 3 is 2.50 bits per heavy atom. The molecule has 1 rings (SSSR count). The zero-order valence-electron chi connectivity index (χ0n) is 9.07. The van der Waals surface area contributed by atoms with Gasteiger partial charge in [-0.1, -0.05) is 23.7 Å². The maximum atomic E-state index is 11.2. The third kappa shape index (κ3) is 4.00. The van der Waals surface area contributed by atoms with Gasteiger partial charge in [0.25, 0.3) is 5.91 Å². The lowest BCUT2D eigenvalue weighted by Crippen LogP contribution is -2.39. The lowest BCUT2D eigenvalue weighted by molar-refractivity contribution is -0.136. The van der Waals surface area contributed by atoms with Crippen LogP contribution in [0.4, 0.5) is 0 Å². The molecule has 16 heavy (non-hydrogen) atoms. The van der Waals surface area contributed by atoms with Crippen molar-refractivity contribution in [3.05, 3.63) is 34.9 Å². The summed E-state index contributed by atoms with van der Waals surface area (Å²) in [6.45, 7) is 2.78. The van der Waals surface area contributed by atoms with Crippen molar-refractivity contribution in [1.29, 1.82) is 0 Å². The molecule has 0 fully saturated rings. The number of amides is 1. The molecule has 0 aliphatic carbocycles. The van der Waals surface area contributed by atoms with E-state index in [1.165, 1.54) is 20.1 Å². The molecule has 0 spiro atoms. The molecule has 86 valence electrons. The number of nitrogens with one attached hydrogen (secondary N) is 1. The number of aliphatic hydroxyl groups is 1. The van der Waals surface area contributed by atoms with E-state index < -0.39 is 11.5 Å². The summed E-state index contributed by atoms with van der Waals surface area (Å²) in [4.78, 5) is 11.2. The van der Waals surface area contributed by atoms with Gasteiger partial charge in [0.1, 0.15) is 5.60 Å². The fraction of sp³-hybridized carbons (Fsp3) is 0.273. The quantitative estimate of drug-likeness (QED) is 0.622. The van der Waals surface area contributed by atoms with E-state index in [-0.39, 0.29) is 0 Å². The first-order valence-corrected chi connectivity index (χ1v) is 5.09. The van der Waals surface area contributed by atoms with Crippen molar-refractivity contribution in [1.82, 2.24) is 5.43 Å². The van der Waals surface area contributed by atoms with E-state index in [9.17, 15) is 9.90 Å². The van der Waals surface area contributed by atoms with Crippen LogP contribution in [0.5, 0.6) is 0 Å². The number of benzene rings is 1. The minimum absolute atomic E-state index is 0.558. The highest BCUT2D eigenvalue weighted by Gasteiger charge is 2.22. The Labute approximate surface area is 98.9 Å². The molecule has 0 saturated heterocycles. The second-order valence-corrected chi connectivity index (χ2v) is 4.25. The van der Waals surface area contributed by atoms with Crippen molar-refractivity contribution in [3.63, 3.8) is 0 Å². The molecule has 0 aromatic heterocycles. The summed E-state index contributed by atoms with van der Waals surface area (Å²) in [5.74, 6) is -0.558. The number of carbonyl (C=O) groups excluding carboxylic acids is 1. The van der Waals surface area contributed by atoms with Crippen LogP contribution in [0.25, 0.3) is 0 Å². The minimum atomic E-state index is -1.43. The van der Waals surface area contributed by atoms with E-state index in [4.69, 9.17) is 11.6 Å². The van der Waals surface area contributed by atoms with Gasteiger partial charge < -0.3 is 5.11 Å². The molecular formula is C11H13ClN2O2. The Kier molecular flexibility index (Phi) is 4.04. The Morgan fingerprint density at radius 1 is 1.44 bits per heavy atom. The van der Waals surface area contributed by atoms with Crippen molar-refractivity contribution >= 4 is 23.7 Å². The molecule has 0 bridgehead atoms. The predicted molar refractivity (Wildman–Crippen MR) is 63.5 cm³/mol. The molecule has 5 heteroatoms. The topological polar surface area (TPSA) is 61.7 Å². The number of hydrogen-bond donors (Lipinski definition) is 2. The molecule has 1 aromatic rings. The van der Waals surface area contributed by atoms with Crippen LogP contribution in [0.3, 0.4) is 0 Å². The van der Waals surface area contributed by atoms with E-state index >= 15 is 0 Å². The largest absolute Gasteiger partial charge is 0.381 e. The van der Waals surface area contributed by atoms with Crippen molar-refractivity contribution in [2.75, 3.05) is 0 Å². The molecule has 0 atom stereocenters. The molecule has 4 nitrogen and oxygen atoms in total. The number of carbonyl (C=O) groups is 1. The first-order valence-electron chi connectivity index (χ1n) is 4.71. The maximum Gasteiger partial charge on any atom is 0.271 e. The van der Waals surface area contributed by atoms with E-state index in [1.54, 1.807) is 24.3 Å². The number of rotatable bonds is 3. The van der Waals surface area contributed by atoms with Gasteiger partial charge in [-0.05, 0) is 31.5 Å². The molecule has 0 heterocycles. The summed E-state index contributed by atoms with van der Waals surface area (Å²) in [5.41, 5.74) is 1.61. The lowest BCUT2D eigenvalue weighted by atomic mass is 10.1. The molecule has 0 aliphatic rings. The Morgan fingerprint density at radius 2 is 2.00 bits per heavy atom. The number of hydrogen-bond acceptors (Lipinski definition) is 3. The van der Waals surface area contributed by atoms with Crippen molar-refractivity contribution < 1.29 is 9.90 Å². The molecular weight excluding hydrogens is 228 g/mol. The van der Waals surface area contributed by atoms with Gasteiger partial charge >= 0.3 is 0 Å². The fourth-order valence-electron chi connectivity index (χ4n) is 0.851. The zero-order valence-corrected chi connectivity index (χ0v) is 9.82. The van der Waals surface area contributed by atoms with Gasteiger partial charge in [-0.2, -0.15) is 5.10 Å². The van der Waals surface area contributed by atoms with Gasteiger partial charge in [-0.3, -0.25) is 4.79 Å². The van der Waals surface area contributed by atoms with Crippen LogP contribution in [-0.4, -0.2) is 22.8 Å². The smallest absolute Gasteiger partial charge is 0.271 e. The van der Waals surface area contributed by atoms with E-state index in [0.29, 0.717) is 5.02 Å². The van der Waals surface area contributed by atoms with Crippen LogP contribution >= 0.6 is 11.6 Å². The van der Waals surface area contributed by atoms with Crippen LogP contribution in [0.2, 0.25) is 5.02 Å². The first kappa shape index (κ1) is 12.7. The molecule has 0 radical (unpaired) electrons. The molecule has 2 N–H and O–H groups in total. The van der Waals surface area contributed by atoms with Crippen molar-refractivity contribution in [3.8, 4) is 0 Å². The minimum Gasteiger partial charge on any atom is -0.381 e. The Bertz CT molecular complexity index is 393. The summed E-state index contributed by atoms with van der Waals surface area (Å²) < 4.78 is 0. The third-order valence-electron chi connectivity index (χ3n) is 1.81. The standard InChI is InChI=1S/C11H13ClN2O2/c1-11(2,16)10(15)14-13-7-8-3-5-9(12)6-4-8/h3-7,16H,1-2H3,(H,14,15)/b13-7+. The van der Waals surface area contributed by atoms with Crippen LogP contribution in [-0.2, 0) is 4.79 Å². The van der Waals surface area contributed by atoms with Crippen molar-refractivity contribution in [2.45, 2.75) is 19.4 Å². The summed E-state index contributed by atoms with van der Waals surface area (Å²) in [5, 5.41) is 13.7. The SMILES string of the molecule is CC(C)(O)C(=O)N/N=C/c1ccc(Cl)cc1. The van der Waals surface area contributed by atoms with Crippen LogP contribution in [0.1, 0.15) is 19.4 Å². The highest BCUT2D eigenvalue weighted by Crippen LogP contribution is 2.07. The zero-order chi connectivity index (χ0) is 12.2. The highest BCUT2D eigenvalue weighted by atomic mass is 35.5. The second kappa shape index (κ2) is 5.09. The summed E-state index contributed by atoms with van der Waals surface area (Å²) >= 11 is 5.71. The lowest BCUT2D eigenvalue weighted by Gasteiger charge is -2.13. The van der Waals surface area contributed by atoms with Crippen LogP contribution in [0, 0.1) is 0 Å². The van der Waals surface area contributed by atoms with Gasteiger partial charge in [0.2, 0.25) is 0 Å². The third-order valence-corrected chi connectivity index (χ3v) is 2.06. The number of nitrogens with zero attached hydrogens (tertiary/aromatic N) is 1. The fourth-order valence-corrected chi connectivity index (χ4v) is 0.977. The van der Waals surface area contributed by atoms with Crippen molar-refractivity contribution in [2.24, 2.45) is 5.10 Å². The normalized spacial score (nSPS) is 11.8. The Balaban J connectivity index is 2.56. The van der Waals surface area contributed by atoms with Gasteiger partial charge in [0, 0.05) is 5.02 Å². The van der Waals surface area contributed by atoms with E-state index in [0.717, 1.165) is 5.56 Å². The molecule has 1 amide bonds. The Hall–Kier alpha value is -1.39. The highest BCUT2D eigenvalue weighted by molar-refractivity contribution is 6.30. The van der Waals surface area contributed by atoms with Crippen LogP contribution < -0.4 is 5.43 Å². The summed E-state index contributed by atoms with van der Waals surface area (Å²) in [6.07, 6.45) is 1.47. The monoisotopic (exact) mass is 240 g/mol.